The molecule has 0 amide bonds. The van der Waals surface area contributed by atoms with Crippen LogP contribution in [0.15, 0.2) is 11.6 Å². The lowest BCUT2D eigenvalue weighted by molar-refractivity contribution is 0.0515. The monoisotopic (exact) mass is 170 g/mol. The van der Waals surface area contributed by atoms with Gasteiger partial charge in [0.25, 0.3) is 0 Å². The summed E-state index contributed by atoms with van der Waals surface area (Å²) in [5.41, 5.74) is 0.791. The fraction of sp³-hybridized carbons (Fsp3) is 0.818. The van der Waals surface area contributed by atoms with E-state index in [1.54, 1.807) is 0 Å². The smallest absolute Gasteiger partial charge is 0.0654 e. The Morgan fingerprint density at radius 3 is 2.42 bits per heavy atom. The summed E-state index contributed by atoms with van der Waals surface area (Å²) in [4.78, 5) is 0. The first kappa shape index (κ1) is 11.7. The van der Waals surface area contributed by atoms with Gasteiger partial charge in [-0.1, -0.05) is 31.4 Å². The summed E-state index contributed by atoms with van der Waals surface area (Å²) < 4.78 is 0. The molecule has 0 saturated carbocycles. The minimum Gasteiger partial charge on any atom is -0.390 e. The third-order valence-electron chi connectivity index (χ3n) is 2.02. The van der Waals surface area contributed by atoms with Crippen molar-refractivity contribution in [2.75, 3.05) is 0 Å². The van der Waals surface area contributed by atoms with E-state index in [9.17, 15) is 5.11 Å². The van der Waals surface area contributed by atoms with Gasteiger partial charge in [0.15, 0.2) is 0 Å². The van der Waals surface area contributed by atoms with Crippen molar-refractivity contribution in [3.63, 3.8) is 0 Å². The van der Waals surface area contributed by atoms with E-state index in [0.717, 1.165) is 25.7 Å². The first-order valence-electron chi connectivity index (χ1n) is 4.83. The van der Waals surface area contributed by atoms with Crippen LogP contribution in [-0.2, 0) is 0 Å². The average Bonchev–Trinajstić information content (AvgIpc) is 1.98. The van der Waals surface area contributed by atoms with Gasteiger partial charge in [-0.2, -0.15) is 0 Å². The molecule has 0 aromatic rings. The molecular formula is C11H22O. The Hall–Kier alpha value is -0.300. The molecular weight excluding hydrogens is 148 g/mol. The number of hydrogen-bond donors (Lipinski definition) is 1. The third kappa shape index (κ3) is 6.41. The maximum atomic E-state index is 9.85. The van der Waals surface area contributed by atoms with Crippen molar-refractivity contribution in [3.8, 4) is 0 Å². The van der Waals surface area contributed by atoms with Crippen LogP contribution in [-0.4, -0.2) is 10.7 Å². The van der Waals surface area contributed by atoms with Gasteiger partial charge in [-0.05, 0) is 33.6 Å². The van der Waals surface area contributed by atoms with E-state index >= 15 is 0 Å². The Balaban J connectivity index is 3.78. The fourth-order valence-corrected chi connectivity index (χ4v) is 1.08. The van der Waals surface area contributed by atoms with Crippen molar-refractivity contribution in [3.05, 3.63) is 11.6 Å². The Morgan fingerprint density at radius 2 is 2.00 bits per heavy atom. The van der Waals surface area contributed by atoms with Gasteiger partial charge in [-0.3, -0.25) is 0 Å². The lowest BCUT2D eigenvalue weighted by Crippen LogP contribution is -2.22. The van der Waals surface area contributed by atoms with Crippen LogP contribution >= 0.6 is 0 Å². The van der Waals surface area contributed by atoms with Crippen molar-refractivity contribution >= 4 is 0 Å². The molecule has 0 spiro atoms. The van der Waals surface area contributed by atoms with Crippen LogP contribution in [0.5, 0.6) is 0 Å². The molecule has 0 saturated heterocycles. The summed E-state index contributed by atoms with van der Waals surface area (Å²) in [5.74, 6) is 0. The molecule has 0 rings (SSSR count). The van der Waals surface area contributed by atoms with Crippen LogP contribution in [0.1, 0.15) is 53.4 Å². The van der Waals surface area contributed by atoms with Gasteiger partial charge >= 0.3 is 0 Å². The second-order valence-electron chi connectivity index (χ2n) is 4.09. The van der Waals surface area contributed by atoms with Crippen molar-refractivity contribution < 1.29 is 5.11 Å². The van der Waals surface area contributed by atoms with Gasteiger partial charge in [-0.25, -0.2) is 0 Å². The normalized spacial score (nSPS) is 15.4. The SMILES string of the molecule is CCCCC(C)(O)CC=C(C)C. The van der Waals surface area contributed by atoms with Crippen LogP contribution in [0.3, 0.4) is 0 Å². The second kappa shape index (κ2) is 5.36. The van der Waals surface area contributed by atoms with Crippen LogP contribution in [0.25, 0.3) is 0 Å². The third-order valence-corrected chi connectivity index (χ3v) is 2.02. The van der Waals surface area contributed by atoms with Crippen molar-refractivity contribution in [1.29, 1.82) is 0 Å². The molecule has 0 aliphatic heterocycles. The Labute approximate surface area is 76.5 Å². The maximum absolute atomic E-state index is 9.85. The van der Waals surface area contributed by atoms with Gasteiger partial charge in [0, 0.05) is 0 Å². The van der Waals surface area contributed by atoms with Crippen LogP contribution in [0.4, 0.5) is 0 Å². The zero-order chi connectivity index (χ0) is 9.61. The predicted molar refractivity (Wildman–Crippen MR) is 54.2 cm³/mol. The molecule has 12 heavy (non-hydrogen) atoms. The van der Waals surface area contributed by atoms with Crippen molar-refractivity contribution in [2.24, 2.45) is 0 Å². The quantitative estimate of drug-likeness (QED) is 0.628. The van der Waals surface area contributed by atoms with Gasteiger partial charge in [0.05, 0.1) is 5.60 Å². The van der Waals surface area contributed by atoms with Crippen LogP contribution in [0.2, 0.25) is 0 Å². The van der Waals surface area contributed by atoms with E-state index in [2.05, 4.69) is 26.8 Å². The van der Waals surface area contributed by atoms with E-state index in [-0.39, 0.29) is 0 Å². The van der Waals surface area contributed by atoms with Crippen molar-refractivity contribution in [2.45, 2.75) is 59.0 Å². The van der Waals surface area contributed by atoms with E-state index in [1.807, 2.05) is 6.92 Å². The average molecular weight is 170 g/mol. The summed E-state index contributed by atoms with van der Waals surface area (Å²) in [6.07, 6.45) is 6.08. The Kier molecular flexibility index (Phi) is 5.23. The fourth-order valence-electron chi connectivity index (χ4n) is 1.08. The highest BCUT2D eigenvalue weighted by atomic mass is 16.3. The molecule has 1 nitrogen and oxygen atoms in total. The largest absolute Gasteiger partial charge is 0.390 e. The lowest BCUT2D eigenvalue weighted by Gasteiger charge is -2.21. The zero-order valence-electron chi connectivity index (χ0n) is 8.85. The molecule has 1 unspecified atom stereocenters. The molecule has 0 aliphatic carbocycles. The summed E-state index contributed by atoms with van der Waals surface area (Å²) in [6, 6.07) is 0. The molecule has 0 fully saturated rings. The molecule has 1 N–H and O–H groups in total. The maximum Gasteiger partial charge on any atom is 0.0654 e. The number of aliphatic hydroxyl groups is 1. The first-order chi connectivity index (χ1) is 5.48. The number of rotatable bonds is 5. The Bertz CT molecular complexity index is 141. The number of unbranched alkanes of at least 4 members (excludes halogenated alkanes) is 1. The van der Waals surface area contributed by atoms with Crippen LogP contribution < -0.4 is 0 Å². The van der Waals surface area contributed by atoms with Gasteiger partial charge in [0.1, 0.15) is 0 Å². The summed E-state index contributed by atoms with van der Waals surface area (Å²) in [5, 5.41) is 9.85. The van der Waals surface area contributed by atoms with Gasteiger partial charge in [-0.15, -0.1) is 0 Å². The number of hydrogen-bond acceptors (Lipinski definition) is 1. The second-order valence-corrected chi connectivity index (χ2v) is 4.09. The topological polar surface area (TPSA) is 20.2 Å². The molecule has 0 aromatic carbocycles. The summed E-state index contributed by atoms with van der Waals surface area (Å²) in [6.45, 7) is 8.20. The van der Waals surface area contributed by atoms with Crippen LogP contribution in [0, 0.1) is 0 Å². The minimum atomic E-state index is -0.493. The highest BCUT2D eigenvalue weighted by Gasteiger charge is 2.17. The highest BCUT2D eigenvalue weighted by Crippen LogP contribution is 2.18. The molecule has 0 heterocycles. The summed E-state index contributed by atoms with van der Waals surface area (Å²) in [7, 11) is 0. The minimum absolute atomic E-state index is 0.493. The summed E-state index contributed by atoms with van der Waals surface area (Å²) >= 11 is 0. The molecule has 1 heteroatoms. The lowest BCUT2D eigenvalue weighted by atomic mass is 9.94. The molecule has 0 radical (unpaired) electrons. The molecule has 0 aromatic heterocycles. The number of allylic oxidation sites excluding steroid dienone is 1. The standard InChI is InChI=1S/C11H22O/c1-5-6-8-11(4,12)9-7-10(2)3/h7,12H,5-6,8-9H2,1-4H3. The zero-order valence-corrected chi connectivity index (χ0v) is 8.85. The molecule has 0 aliphatic rings. The predicted octanol–water partition coefficient (Wildman–Crippen LogP) is 3.28. The molecule has 1 atom stereocenters. The first-order valence-corrected chi connectivity index (χ1v) is 4.83. The van der Waals surface area contributed by atoms with Gasteiger partial charge < -0.3 is 5.11 Å². The Morgan fingerprint density at radius 1 is 1.42 bits per heavy atom. The molecule has 0 bridgehead atoms. The molecule has 72 valence electrons. The van der Waals surface area contributed by atoms with E-state index in [0.29, 0.717) is 0 Å². The van der Waals surface area contributed by atoms with E-state index in [1.165, 1.54) is 5.57 Å². The highest BCUT2D eigenvalue weighted by molar-refractivity contribution is 4.96. The van der Waals surface area contributed by atoms with E-state index in [4.69, 9.17) is 0 Å². The van der Waals surface area contributed by atoms with Gasteiger partial charge in [0.2, 0.25) is 0 Å². The van der Waals surface area contributed by atoms with Crippen molar-refractivity contribution in [1.82, 2.24) is 0 Å². The van der Waals surface area contributed by atoms with E-state index < -0.39 is 5.60 Å².